The van der Waals surface area contributed by atoms with E-state index in [-0.39, 0.29) is 33.4 Å². The van der Waals surface area contributed by atoms with E-state index < -0.39 is 23.9 Å². The second-order valence-corrected chi connectivity index (χ2v) is 4.97. The number of aliphatic carboxylic acids is 2. The maximum absolute atomic E-state index is 11.2. The minimum atomic E-state index is -1.39. The molecule has 0 saturated carbocycles. The van der Waals surface area contributed by atoms with Gasteiger partial charge in [0.2, 0.25) is 0 Å². The molecular formula is C17H14O8. The van der Waals surface area contributed by atoms with Crippen molar-refractivity contribution in [1.82, 2.24) is 0 Å². The minimum absolute atomic E-state index is 0.00194. The molecule has 8 heteroatoms. The number of aromatic carboxylic acids is 2. The van der Waals surface area contributed by atoms with Crippen molar-refractivity contribution in [3.05, 3.63) is 64.8 Å². The maximum Gasteiger partial charge on any atom is 0.335 e. The van der Waals surface area contributed by atoms with E-state index in [9.17, 15) is 19.2 Å². The Labute approximate surface area is 141 Å². The molecule has 0 spiro atoms. The van der Waals surface area contributed by atoms with Crippen LogP contribution in [0.4, 0.5) is 0 Å². The first-order valence-electron chi connectivity index (χ1n) is 6.70. The third-order valence-electron chi connectivity index (χ3n) is 3.07. The Morgan fingerprint density at radius 2 is 1.24 bits per heavy atom. The van der Waals surface area contributed by atoms with E-state index in [1.165, 1.54) is 6.92 Å². The highest BCUT2D eigenvalue weighted by atomic mass is 16.4. The van der Waals surface area contributed by atoms with Crippen LogP contribution in [0, 0.1) is 0 Å². The fourth-order valence-electron chi connectivity index (χ4n) is 1.79. The van der Waals surface area contributed by atoms with Gasteiger partial charge in [0.1, 0.15) is 0 Å². The molecule has 0 fully saturated rings. The van der Waals surface area contributed by atoms with Crippen LogP contribution in [0.1, 0.15) is 33.2 Å². The molecule has 0 atom stereocenters. The zero-order chi connectivity index (χ0) is 19.3. The predicted molar refractivity (Wildman–Crippen MR) is 86.5 cm³/mol. The predicted octanol–water partition coefficient (Wildman–Crippen LogP) is 2.14. The Morgan fingerprint density at radius 3 is 1.60 bits per heavy atom. The third kappa shape index (κ3) is 5.17. The van der Waals surface area contributed by atoms with Crippen molar-refractivity contribution in [2.75, 3.05) is 0 Å². The van der Waals surface area contributed by atoms with Crippen molar-refractivity contribution in [2.45, 2.75) is 6.92 Å². The quantitative estimate of drug-likeness (QED) is 0.433. The molecule has 0 saturated heterocycles. The van der Waals surface area contributed by atoms with Gasteiger partial charge in [0.15, 0.2) is 0 Å². The van der Waals surface area contributed by atoms with Crippen LogP contribution in [-0.4, -0.2) is 44.3 Å². The Morgan fingerprint density at radius 1 is 0.800 bits per heavy atom. The second-order valence-electron chi connectivity index (χ2n) is 4.97. The topological polar surface area (TPSA) is 149 Å². The Balaban J connectivity index is 3.70. The van der Waals surface area contributed by atoms with Crippen molar-refractivity contribution in [2.24, 2.45) is 0 Å². The first kappa shape index (κ1) is 19.4. The highest BCUT2D eigenvalue weighted by Gasteiger charge is 2.15. The molecule has 0 unspecified atom stereocenters. The Kier molecular flexibility index (Phi) is 5.99. The van der Waals surface area contributed by atoms with Crippen molar-refractivity contribution >= 4 is 29.5 Å². The second kappa shape index (κ2) is 7.73. The first-order valence-corrected chi connectivity index (χ1v) is 6.70. The van der Waals surface area contributed by atoms with Crippen LogP contribution in [0.15, 0.2) is 48.1 Å². The zero-order valence-electron chi connectivity index (χ0n) is 13.0. The first-order chi connectivity index (χ1) is 11.5. The van der Waals surface area contributed by atoms with E-state index in [4.69, 9.17) is 20.4 Å². The molecule has 0 bridgehead atoms. The number of allylic oxidation sites excluding steroid dienone is 2. The largest absolute Gasteiger partial charge is 0.478 e. The third-order valence-corrected chi connectivity index (χ3v) is 3.07. The fourth-order valence-corrected chi connectivity index (χ4v) is 1.79. The van der Waals surface area contributed by atoms with Gasteiger partial charge in [0, 0.05) is 5.57 Å². The summed E-state index contributed by atoms with van der Waals surface area (Å²) in [4.78, 5) is 44.3. The molecule has 0 aliphatic heterocycles. The summed E-state index contributed by atoms with van der Waals surface area (Å²) >= 11 is 0. The normalized spacial score (nSPS) is 11.7. The van der Waals surface area contributed by atoms with E-state index in [1.54, 1.807) is 0 Å². The lowest BCUT2D eigenvalue weighted by Crippen LogP contribution is -2.05. The van der Waals surface area contributed by atoms with Crippen molar-refractivity contribution in [3.63, 3.8) is 0 Å². The van der Waals surface area contributed by atoms with Crippen LogP contribution < -0.4 is 0 Å². The van der Waals surface area contributed by atoms with Gasteiger partial charge in [0.25, 0.3) is 0 Å². The van der Waals surface area contributed by atoms with Crippen molar-refractivity contribution < 1.29 is 39.6 Å². The van der Waals surface area contributed by atoms with Crippen LogP contribution in [0.3, 0.4) is 0 Å². The lowest BCUT2D eigenvalue weighted by atomic mass is 9.96. The van der Waals surface area contributed by atoms with Gasteiger partial charge in [-0.05, 0) is 48.4 Å². The number of carboxylic acids is 4. The number of hydrogen-bond acceptors (Lipinski definition) is 4. The van der Waals surface area contributed by atoms with Crippen LogP contribution >= 0.6 is 0 Å². The number of carboxylic acid groups (broad SMARTS) is 4. The molecule has 0 amide bonds. The fraction of sp³-hybridized carbons (Fsp3) is 0.0588. The van der Waals surface area contributed by atoms with Crippen LogP contribution in [0.25, 0.3) is 5.57 Å². The molecule has 0 aliphatic carbocycles. The Hall–Kier alpha value is -3.68. The summed E-state index contributed by atoms with van der Waals surface area (Å²) in [6, 6.07) is 3.16. The van der Waals surface area contributed by atoms with E-state index in [0.29, 0.717) is 0 Å². The molecular weight excluding hydrogens is 332 g/mol. The number of carbonyl (C=O) groups is 4. The highest BCUT2D eigenvalue weighted by molar-refractivity contribution is 5.99. The van der Waals surface area contributed by atoms with E-state index in [2.05, 4.69) is 6.58 Å². The van der Waals surface area contributed by atoms with Crippen LogP contribution in [0.5, 0.6) is 0 Å². The van der Waals surface area contributed by atoms with Gasteiger partial charge < -0.3 is 20.4 Å². The molecule has 0 aliphatic rings. The number of rotatable bonds is 7. The summed E-state index contributed by atoms with van der Waals surface area (Å²) in [7, 11) is 0. The summed E-state index contributed by atoms with van der Waals surface area (Å²) < 4.78 is 0. The van der Waals surface area contributed by atoms with Crippen molar-refractivity contribution in [1.29, 1.82) is 0 Å². The summed E-state index contributed by atoms with van der Waals surface area (Å²) in [5.74, 6) is -5.43. The molecule has 25 heavy (non-hydrogen) atoms. The van der Waals surface area contributed by atoms with Gasteiger partial charge in [-0.15, -0.1) is 0 Å². The van der Waals surface area contributed by atoms with Crippen LogP contribution in [-0.2, 0) is 9.59 Å². The minimum Gasteiger partial charge on any atom is -0.478 e. The molecule has 8 nitrogen and oxygen atoms in total. The van der Waals surface area contributed by atoms with Crippen LogP contribution in [0.2, 0.25) is 0 Å². The monoisotopic (exact) mass is 346 g/mol. The van der Waals surface area contributed by atoms with Crippen molar-refractivity contribution in [3.8, 4) is 0 Å². The zero-order valence-corrected chi connectivity index (χ0v) is 13.0. The average molecular weight is 346 g/mol. The molecule has 1 rings (SSSR count). The van der Waals surface area contributed by atoms with E-state index in [0.717, 1.165) is 30.4 Å². The molecule has 0 radical (unpaired) electrons. The van der Waals surface area contributed by atoms with Gasteiger partial charge in [-0.3, -0.25) is 0 Å². The average Bonchev–Trinajstić information content (AvgIpc) is 2.53. The summed E-state index contributed by atoms with van der Waals surface area (Å²) in [6.45, 7) is 4.55. The lowest BCUT2D eigenvalue weighted by molar-refractivity contribution is -0.133. The summed E-state index contributed by atoms with van der Waals surface area (Å²) in [5, 5.41) is 36.1. The maximum atomic E-state index is 11.2. The summed E-state index contributed by atoms with van der Waals surface area (Å²) in [6.07, 6.45) is 2.13. The molecule has 1 aromatic carbocycles. The standard InChI is InChI=1S/C17H14O8/c1-8(14(18)19)3-10(4-9(2)15(20)21)11-5-12(16(22)23)7-13(6-11)17(24)25/h3-7H,1H2,2H3,(H,18,19)(H,20,21)(H,22,23)(H,24,25)/b9-4+,10-3+. The highest BCUT2D eigenvalue weighted by Crippen LogP contribution is 2.23. The lowest BCUT2D eigenvalue weighted by Gasteiger charge is -2.08. The smallest absolute Gasteiger partial charge is 0.335 e. The van der Waals surface area contributed by atoms with Gasteiger partial charge in [-0.25, -0.2) is 19.2 Å². The number of benzene rings is 1. The molecule has 4 N–H and O–H groups in total. The molecule has 0 aromatic heterocycles. The van der Waals surface area contributed by atoms with E-state index in [1.807, 2.05) is 0 Å². The Bertz CT molecular complexity index is 810. The molecule has 0 heterocycles. The summed E-state index contributed by atoms with van der Waals surface area (Å²) in [5.41, 5.74) is -1.21. The number of hydrogen-bond donors (Lipinski definition) is 4. The van der Waals surface area contributed by atoms with Gasteiger partial charge in [-0.1, -0.05) is 6.58 Å². The van der Waals surface area contributed by atoms with Gasteiger partial charge >= 0.3 is 23.9 Å². The van der Waals surface area contributed by atoms with E-state index >= 15 is 0 Å². The molecule has 1 aromatic rings. The van der Waals surface area contributed by atoms with Gasteiger partial charge in [-0.2, -0.15) is 0 Å². The van der Waals surface area contributed by atoms with Gasteiger partial charge in [0.05, 0.1) is 16.7 Å². The molecule has 130 valence electrons. The SMILES string of the molecule is C=C(/C=C(\C=C(/C)C(=O)O)c1cc(C(=O)O)cc(C(=O)O)c1)C(=O)O.